The van der Waals surface area contributed by atoms with Crippen molar-refractivity contribution in [1.29, 1.82) is 0 Å². The summed E-state index contributed by atoms with van der Waals surface area (Å²) >= 11 is 4.72. The van der Waals surface area contributed by atoms with Crippen LogP contribution in [0.3, 0.4) is 0 Å². The van der Waals surface area contributed by atoms with Crippen LogP contribution in [0.5, 0.6) is 17.2 Å². The predicted octanol–water partition coefficient (Wildman–Crippen LogP) is 6.34. The van der Waals surface area contributed by atoms with Crippen molar-refractivity contribution < 1.29 is 24.1 Å². The fourth-order valence-electron chi connectivity index (χ4n) is 4.03. The van der Waals surface area contributed by atoms with Gasteiger partial charge in [-0.3, -0.25) is 24.8 Å². The van der Waals surface area contributed by atoms with Crippen LogP contribution in [0.25, 0.3) is 5.69 Å². The maximum atomic E-state index is 11.7. The zero-order chi connectivity index (χ0) is 29.5. The van der Waals surface area contributed by atoms with E-state index in [4.69, 9.17) is 14.2 Å². The summed E-state index contributed by atoms with van der Waals surface area (Å²) < 4.78 is 19.4. The molecule has 0 aliphatic heterocycles. The Bertz CT molecular complexity index is 1550. The topological polar surface area (TPSA) is 145 Å². The molecule has 4 rings (SSSR count). The summed E-state index contributed by atoms with van der Waals surface area (Å²) in [5.74, 6) is 2.06. The van der Waals surface area contributed by atoms with E-state index in [0.29, 0.717) is 44.7 Å². The van der Waals surface area contributed by atoms with Gasteiger partial charge in [0.15, 0.2) is 16.7 Å². The van der Waals surface area contributed by atoms with Crippen LogP contribution in [-0.4, -0.2) is 44.9 Å². The van der Waals surface area contributed by atoms with Crippen molar-refractivity contribution in [2.75, 3.05) is 20.3 Å². The van der Waals surface area contributed by atoms with Gasteiger partial charge < -0.3 is 14.2 Å². The van der Waals surface area contributed by atoms with E-state index >= 15 is 0 Å². The van der Waals surface area contributed by atoms with Crippen molar-refractivity contribution >= 4 is 33.4 Å². The van der Waals surface area contributed by atoms with E-state index in [9.17, 15) is 20.2 Å². The van der Waals surface area contributed by atoms with Gasteiger partial charge in [-0.25, -0.2) is 0 Å². The first-order chi connectivity index (χ1) is 19.7. The normalized spacial score (nSPS) is 11.6. The third-order valence-electron chi connectivity index (χ3n) is 5.89. The van der Waals surface area contributed by atoms with Crippen LogP contribution in [-0.2, 0) is 6.61 Å². The van der Waals surface area contributed by atoms with E-state index in [1.165, 1.54) is 31.0 Å². The molecular weight excluding hydrogens is 618 g/mol. The summed E-state index contributed by atoms with van der Waals surface area (Å²) in [5, 5.41) is 31.1. The number of benzene rings is 3. The number of hydrogen-bond donors (Lipinski definition) is 0. The molecule has 0 amide bonds. The fourth-order valence-corrected chi connectivity index (χ4v) is 5.76. The number of halogens is 1. The van der Waals surface area contributed by atoms with Gasteiger partial charge in [-0.05, 0) is 77.3 Å². The smallest absolute Gasteiger partial charge is 0.269 e. The van der Waals surface area contributed by atoms with E-state index in [1.54, 1.807) is 24.3 Å². The van der Waals surface area contributed by atoms with Gasteiger partial charge >= 0.3 is 0 Å². The average Bonchev–Trinajstić information content (AvgIpc) is 3.31. The molecule has 4 aromatic rings. The number of aromatic nitrogens is 3. The summed E-state index contributed by atoms with van der Waals surface area (Å²) in [7, 11) is 1.47. The van der Waals surface area contributed by atoms with E-state index < -0.39 is 10.2 Å². The molecule has 0 aliphatic rings. The summed E-state index contributed by atoms with van der Waals surface area (Å²) in [6, 6.07) is 17.0. The van der Waals surface area contributed by atoms with E-state index in [1.807, 2.05) is 42.7 Å². The Labute approximate surface area is 248 Å². The average molecular weight is 645 g/mol. The molecule has 0 bridgehead atoms. The molecule has 12 nitrogen and oxygen atoms in total. The highest BCUT2D eigenvalue weighted by Crippen LogP contribution is 2.43. The van der Waals surface area contributed by atoms with Gasteiger partial charge in [-0.2, -0.15) is 0 Å². The van der Waals surface area contributed by atoms with Gasteiger partial charge in [0.2, 0.25) is 6.54 Å². The molecule has 0 fully saturated rings. The number of methoxy groups -OCH3 is 1. The zero-order valence-corrected chi connectivity index (χ0v) is 24.8. The minimum Gasteiger partial charge on any atom is -0.494 e. The second-order valence-corrected chi connectivity index (χ2v) is 10.7. The van der Waals surface area contributed by atoms with Gasteiger partial charge in [-0.1, -0.05) is 23.9 Å². The number of nitro groups is 2. The van der Waals surface area contributed by atoms with Crippen LogP contribution in [0.4, 0.5) is 5.69 Å². The van der Waals surface area contributed by atoms with E-state index in [0.717, 1.165) is 11.4 Å². The van der Waals surface area contributed by atoms with Crippen molar-refractivity contribution in [3.63, 3.8) is 0 Å². The SMILES string of the molecule is CCOc1ccc(-n2c(C)nnc2S[C@@H](C[N+](=O)[O-])c2cc(Br)c(OCc3cccc([N+](=O)[O-])c3)c(OC)c2)cc1. The largest absolute Gasteiger partial charge is 0.494 e. The quantitative estimate of drug-likeness (QED) is 0.0918. The number of rotatable bonds is 13. The van der Waals surface area contributed by atoms with Crippen LogP contribution < -0.4 is 14.2 Å². The Kier molecular flexibility index (Phi) is 9.78. The summed E-state index contributed by atoms with van der Waals surface area (Å²) in [5.41, 5.74) is 1.96. The highest BCUT2D eigenvalue weighted by molar-refractivity contribution is 9.10. The first-order valence-corrected chi connectivity index (χ1v) is 14.0. The van der Waals surface area contributed by atoms with Crippen molar-refractivity contribution in [3.05, 3.63) is 102 Å². The van der Waals surface area contributed by atoms with Crippen molar-refractivity contribution in [1.82, 2.24) is 14.8 Å². The molecule has 0 radical (unpaired) electrons. The molecule has 0 saturated carbocycles. The lowest BCUT2D eigenvalue weighted by Crippen LogP contribution is -2.12. The van der Waals surface area contributed by atoms with Crippen LogP contribution in [0.2, 0.25) is 0 Å². The van der Waals surface area contributed by atoms with Gasteiger partial charge in [0.25, 0.3) is 5.69 Å². The summed E-state index contributed by atoms with van der Waals surface area (Å²) in [6.07, 6.45) is 0. The molecule has 1 heterocycles. The molecule has 14 heteroatoms. The molecule has 0 aliphatic carbocycles. The molecule has 0 N–H and O–H groups in total. The molecule has 1 aromatic heterocycles. The van der Waals surface area contributed by atoms with Crippen LogP contribution in [0.15, 0.2) is 70.3 Å². The maximum absolute atomic E-state index is 11.7. The van der Waals surface area contributed by atoms with Gasteiger partial charge in [0, 0.05) is 22.7 Å². The number of nitrogens with zero attached hydrogens (tertiary/aromatic N) is 5. The zero-order valence-electron chi connectivity index (χ0n) is 22.4. The number of non-ortho nitro benzene ring substituents is 1. The lowest BCUT2D eigenvalue weighted by atomic mass is 10.1. The number of ether oxygens (including phenoxy) is 3. The minimum absolute atomic E-state index is 0.0413. The monoisotopic (exact) mass is 643 g/mol. The van der Waals surface area contributed by atoms with Crippen molar-refractivity contribution in [3.8, 4) is 22.9 Å². The second kappa shape index (κ2) is 13.5. The number of thioether (sulfide) groups is 1. The molecule has 41 heavy (non-hydrogen) atoms. The van der Waals surface area contributed by atoms with E-state index in [2.05, 4.69) is 26.1 Å². The molecule has 214 valence electrons. The van der Waals surface area contributed by atoms with Gasteiger partial charge in [-0.15, -0.1) is 10.2 Å². The highest BCUT2D eigenvalue weighted by Gasteiger charge is 2.26. The molecule has 1 atom stereocenters. The van der Waals surface area contributed by atoms with Crippen LogP contribution in [0.1, 0.15) is 29.1 Å². The Morgan fingerprint density at radius 2 is 1.80 bits per heavy atom. The fraction of sp³-hybridized carbons (Fsp3) is 0.259. The Balaban J connectivity index is 1.62. The maximum Gasteiger partial charge on any atom is 0.269 e. The lowest BCUT2D eigenvalue weighted by molar-refractivity contribution is -0.479. The molecule has 3 aromatic carbocycles. The first-order valence-electron chi connectivity index (χ1n) is 12.4. The molecule has 0 saturated heterocycles. The molecule has 0 spiro atoms. The van der Waals surface area contributed by atoms with Gasteiger partial charge in [0.1, 0.15) is 23.4 Å². The van der Waals surface area contributed by atoms with Crippen LogP contribution >= 0.6 is 27.7 Å². The number of hydrogen-bond acceptors (Lipinski definition) is 10. The van der Waals surface area contributed by atoms with Crippen molar-refractivity contribution in [2.45, 2.75) is 30.9 Å². The third kappa shape index (κ3) is 7.32. The van der Waals surface area contributed by atoms with E-state index in [-0.39, 0.29) is 23.8 Å². The Morgan fingerprint density at radius 3 is 2.46 bits per heavy atom. The highest BCUT2D eigenvalue weighted by atomic mass is 79.9. The number of aryl methyl sites for hydroxylation is 1. The summed E-state index contributed by atoms with van der Waals surface area (Å²) in [4.78, 5) is 21.9. The van der Waals surface area contributed by atoms with Gasteiger partial charge in [0.05, 0.1) is 23.1 Å². The second-order valence-electron chi connectivity index (χ2n) is 8.66. The Hall–Kier alpha value is -4.17. The minimum atomic E-state index is -0.647. The summed E-state index contributed by atoms with van der Waals surface area (Å²) in [6.45, 7) is 3.93. The molecular formula is C27H26BrN5O7S. The third-order valence-corrected chi connectivity index (χ3v) is 7.66. The lowest BCUT2D eigenvalue weighted by Gasteiger charge is -2.18. The standard InChI is InChI=1S/C27H26BrN5O7S/c1-4-39-22-10-8-20(9-11-22)32-17(2)29-30-27(32)41-25(15-31(34)35)19-13-23(28)26(24(14-19)38-3)40-16-18-6-5-7-21(12-18)33(36)37/h5-14,25H,4,15-16H2,1-3H3/t25-/m0/s1. The first kappa shape index (κ1) is 29.8. The predicted molar refractivity (Wildman–Crippen MR) is 156 cm³/mol. The molecule has 0 unspecified atom stereocenters. The van der Waals surface area contributed by atoms with Crippen molar-refractivity contribution in [2.24, 2.45) is 0 Å². The van der Waals surface area contributed by atoms with Crippen LogP contribution in [0, 0.1) is 27.2 Å². The Morgan fingerprint density at radius 1 is 1.05 bits per heavy atom. The number of nitro benzene ring substituents is 1.